The zero-order chi connectivity index (χ0) is 13.5. The molecule has 0 aromatic heterocycles. The number of unbranched alkanes of at least 4 members (excludes halogenated alkanes) is 1. The van der Waals surface area contributed by atoms with Crippen molar-refractivity contribution < 1.29 is 19.5 Å². The van der Waals surface area contributed by atoms with Crippen molar-refractivity contribution in [1.82, 2.24) is 10.8 Å². The van der Waals surface area contributed by atoms with Crippen LogP contribution in [-0.2, 0) is 9.53 Å². The highest BCUT2D eigenvalue weighted by Gasteiger charge is 2.23. The summed E-state index contributed by atoms with van der Waals surface area (Å²) in [6, 6.07) is -0.769. The van der Waals surface area contributed by atoms with Gasteiger partial charge >= 0.3 is 6.09 Å². The predicted molar refractivity (Wildman–Crippen MR) is 62.6 cm³/mol. The molecule has 0 bridgehead atoms. The van der Waals surface area contributed by atoms with Crippen LogP contribution in [0.1, 0.15) is 47.0 Å². The van der Waals surface area contributed by atoms with Crippen molar-refractivity contribution >= 4 is 12.0 Å². The van der Waals surface area contributed by atoms with E-state index in [9.17, 15) is 9.59 Å². The normalized spacial score (nSPS) is 12.8. The third-order valence-corrected chi connectivity index (χ3v) is 1.96. The summed E-state index contributed by atoms with van der Waals surface area (Å²) in [6.45, 7) is 7.18. The molecule has 6 nitrogen and oxygen atoms in total. The smallest absolute Gasteiger partial charge is 0.408 e. The Morgan fingerprint density at radius 1 is 1.35 bits per heavy atom. The van der Waals surface area contributed by atoms with Gasteiger partial charge in [0.05, 0.1) is 0 Å². The largest absolute Gasteiger partial charge is 0.444 e. The fraction of sp³-hybridized carbons (Fsp3) is 0.818. The molecule has 2 amide bonds. The van der Waals surface area contributed by atoms with Gasteiger partial charge in [0, 0.05) is 0 Å². The van der Waals surface area contributed by atoms with E-state index in [2.05, 4.69) is 5.32 Å². The quantitative estimate of drug-likeness (QED) is 0.507. The van der Waals surface area contributed by atoms with Gasteiger partial charge in [0.1, 0.15) is 11.6 Å². The molecule has 0 aliphatic heterocycles. The first-order chi connectivity index (χ1) is 7.80. The number of rotatable bonds is 5. The van der Waals surface area contributed by atoms with Crippen LogP contribution >= 0.6 is 0 Å². The van der Waals surface area contributed by atoms with Crippen LogP contribution in [0.25, 0.3) is 0 Å². The number of ether oxygens (including phenoxy) is 1. The van der Waals surface area contributed by atoms with E-state index in [0.29, 0.717) is 6.42 Å². The topological polar surface area (TPSA) is 87.7 Å². The number of hydrogen-bond donors (Lipinski definition) is 3. The number of alkyl carbamates (subject to hydrolysis) is 1. The molecule has 0 spiro atoms. The Kier molecular flexibility index (Phi) is 6.57. The molecule has 0 saturated carbocycles. The molecule has 0 aromatic rings. The minimum Gasteiger partial charge on any atom is -0.444 e. The van der Waals surface area contributed by atoms with Gasteiger partial charge in [-0.25, -0.2) is 10.3 Å². The molecule has 0 unspecified atom stereocenters. The summed E-state index contributed by atoms with van der Waals surface area (Å²) in [4.78, 5) is 22.7. The van der Waals surface area contributed by atoms with Crippen LogP contribution in [0.3, 0.4) is 0 Å². The van der Waals surface area contributed by atoms with E-state index >= 15 is 0 Å². The SMILES string of the molecule is CCCC[C@H](NC(=O)OC(C)(C)C)C(=O)NO. The van der Waals surface area contributed by atoms with E-state index in [4.69, 9.17) is 9.94 Å². The summed E-state index contributed by atoms with van der Waals surface area (Å²) in [5.74, 6) is -0.635. The van der Waals surface area contributed by atoms with Crippen molar-refractivity contribution in [2.24, 2.45) is 0 Å². The molecule has 6 heteroatoms. The van der Waals surface area contributed by atoms with Crippen LogP contribution in [0.15, 0.2) is 0 Å². The van der Waals surface area contributed by atoms with Gasteiger partial charge in [0.15, 0.2) is 0 Å². The number of carbonyl (C=O) groups is 2. The van der Waals surface area contributed by atoms with Gasteiger partial charge in [-0.15, -0.1) is 0 Å². The van der Waals surface area contributed by atoms with Gasteiger partial charge in [-0.2, -0.15) is 0 Å². The third kappa shape index (κ3) is 7.57. The first-order valence-corrected chi connectivity index (χ1v) is 5.73. The van der Waals surface area contributed by atoms with E-state index in [1.807, 2.05) is 6.92 Å². The second-order valence-corrected chi connectivity index (χ2v) is 4.82. The molecular formula is C11H22N2O4. The van der Waals surface area contributed by atoms with Crippen LogP contribution in [-0.4, -0.2) is 28.9 Å². The maximum Gasteiger partial charge on any atom is 0.408 e. The molecule has 0 rings (SSSR count). The zero-order valence-electron chi connectivity index (χ0n) is 10.9. The summed E-state index contributed by atoms with van der Waals surface area (Å²) in [7, 11) is 0. The van der Waals surface area contributed by atoms with Crippen molar-refractivity contribution in [3.63, 3.8) is 0 Å². The van der Waals surface area contributed by atoms with Gasteiger partial charge in [-0.3, -0.25) is 10.0 Å². The Morgan fingerprint density at radius 2 is 1.94 bits per heavy atom. The first kappa shape index (κ1) is 15.7. The average Bonchev–Trinajstić information content (AvgIpc) is 2.20. The van der Waals surface area contributed by atoms with Crippen LogP contribution in [0.5, 0.6) is 0 Å². The van der Waals surface area contributed by atoms with E-state index in [1.165, 1.54) is 5.48 Å². The molecule has 3 N–H and O–H groups in total. The minimum absolute atomic E-state index is 0.460. The van der Waals surface area contributed by atoms with Crippen molar-refractivity contribution in [3.05, 3.63) is 0 Å². The highest BCUT2D eigenvalue weighted by molar-refractivity contribution is 5.84. The molecule has 0 aliphatic carbocycles. The number of nitrogens with one attached hydrogen (secondary N) is 2. The summed E-state index contributed by atoms with van der Waals surface area (Å²) in [5.41, 5.74) is 0.917. The molecule has 0 aromatic carbocycles. The molecule has 0 aliphatic rings. The van der Waals surface area contributed by atoms with Gasteiger partial charge in [-0.05, 0) is 27.2 Å². The number of hydroxylamine groups is 1. The molecular weight excluding hydrogens is 224 g/mol. The van der Waals surface area contributed by atoms with Crippen LogP contribution in [0.4, 0.5) is 4.79 Å². The van der Waals surface area contributed by atoms with Crippen molar-refractivity contribution in [2.45, 2.75) is 58.6 Å². The standard InChI is InChI=1S/C11H22N2O4/c1-5-6-7-8(9(14)13-16)12-10(15)17-11(2,3)4/h8,16H,5-7H2,1-4H3,(H,12,15)(H,13,14)/t8-/m0/s1. The Bertz CT molecular complexity index is 261. The lowest BCUT2D eigenvalue weighted by atomic mass is 10.1. The molecule has 100 valence electrons. The molecule has 17 heavy (non-hydrogen) atoms. The van der Waals surface area contributed by atoms with E-state index in [0.717, 1.165) is 12.8 Å². The van der Waals surface area contributed by atoms with Gasteiger partial charge in [-0.1, -0.05) is 19.8 Å². The maximum atomic E-state index is 11.5. The van der Waals surface area contributed by atoms with E-state index < -0.39 is 23.6 Å². The maximum absolute atomic E-state index is 11.5. The average molecular weight is 246 g/mol. The third-order valence-electron chi connectivity index (χ3n) is 1.96. The Balaban J connectivity index is 4.32. The van der Waals surface area contributed by atoms with Crippen LogP contribution in [0, 0.1) is 0 Å². The number of amides is 2. The molecule has 0 fully saturated rings. The van der Waals surface area contributed by atoms with Gasteiger partial charge < -0.3 is 10.1 Å². The van der Waals surface area contributed by atoms with Crippen molar-refractivity contribution in [3.8, 4) is 0 Å². The van der Waals surface area contributed by atoms with Crippen molar-refractivity contribution in [2.75, 3.05) is 0 Å². The summed E-state index contributed by atoms with van der Waals surface area (Å²) in [6.07, 6.45) is 1.46. The number of hydrogen-bond acceptors (Lipinski definition) is 4. The fourth-order valence-electron chi connectivity index (χ4n) is 1.20. The second-order valence-electron chi connectivity index (χ2n) is 4.82. The molecule has 0 radical (unpaired) electrons. The van der Waals surface area contributed by atoms with Crippen LogP contribution in [0.2, 0.25) is 0 Å². The highest BCUT2D eigenvalue weighted by atomic mass is 16.6. The summed E-state index contributed by atoms with van der Waals surface area (Å²) >= 11 is 0. The lowest BCUT2D eigenvalue weighted by molar-refractivity contribution is -0.131. The van der Waals surface area contributed by atoms with Gasteiger partial charge in [0.2, 0.25) is 0 Å². The molecule has 0 saturated heterocycles. The summed E-state index contributed by atoms with van der Waals surface area (Å²) in [5, 5.41) is 11.0. The first-order valence-electron chi connectivity index (χ1n) is 5.73. The zero-order valence-corrected chi connectivity index (χ0v) is 10.9. The van der Waals surface area contributed by atoms with Crippen molar-refractivity contribution in [1.29, 1.82) is 0 Å². The summed E-state index contributed by atoms with van der Waals surface area (Å²) < 4.78 is 5.03. The van der Waals surface area contributed by atoms with E-state index in [1.54, 1.807) is 20.8 Å². The Morgan fingerprint density at radius 3 is 2.35 bits per heavy atom. The highest BCUT2D eigenvalue weighted by Crippen LogP contribution is 2.08. The molecule has 1 atom stereocenters. The van der Waals surface area contributed by atoms with Gasteiger partial charge in [0.25, 0.3) is 5.91 Å². The minimum atomic E-state index is -0.769. The second kappa shape index (κ2) is 7.11. The Hall–Kier alpha value is -1.30. The van der Waals surface area contributed by atoms with Crippen LogP contribution < -0.4 is 10.8 Å². The number of carbonyl (C=O) groups excluding carboxylic acids is 2. The van der Waals surface area contributed by atoms with E-state index in [-0.39, 0.29) is 0 Å². The lowest BCUT2D eigenvalue weighted by Crippen LogP contribution is -2.47. The fourth-order valence-corrected chi connectivity index (χ4v) is 1.20. The monoisotopic (exact) mass is 246 g/mol. The molecule has 0 heterocycles. The Labute approximate surface area is 102 Å². The lowest BCUT2D eigenvalue weighted by Gasteiger charge is -2.22. The predicted octanol–water partition coefficient (Wildman–Crippen LogP) is 1.58.